The Morgan fingerprint density at radius 3 is 2.67 bits per heavy atom. The van der Waals surface area contributed by atoms with Gasteiger partial charge in [0.1, 0.15) is 5.21 Å². The number of alkyl halides is 1. The number of rotatable bonds is 3. The summed E-state index contributed by atoms with van der Waals surface area (Å²) in [5.74, 6) is 0.280. The molecule has 0 aliphatic carbocycles. The van der Waals surface area contributed by atoms with Gasteiger partial charge in [0.15, 0.2) is 0 Å². The predicted molar refractivity (Wildman–Crippen MR) is 42.3 cm³/mol. The van der Waals surface area contributed by atoms with Gasteiger partial charge in [-0.05, 0) is 0 Å². The zero-order chi connectivity index (χ0) is 9.19. The van der Waals surface area contributed by atoms with E-state index in [2.05, 4.69) is 10.2 Å². The average molecular weight is 212 g/mol. The molecule has 1 aromatic heterocycles. The number of hydrogen-bond acceptors (Lipinski definition) is 5. The van der Waals surface area contributed by atoms with Gasteiger partial charge in [-0.2, -0.15) is 0 Å². The summed E-state index contributed by atoms with van der Waals surface area (Å²) in [6.07, 6.45) is 0. The van der Waals surface area contributed by atoms with Crippen molar-refractivity contribution in [3.05, 3.63) is 5.89 Å². The van der Waals surface area contributed by atoms with E-state index in [-0.39, 0.29) is 11.9 Å². The first kappa shape index (κ1) is 9.27. The second kappa shape index (κ2) is 3.28. The summed E-state index contributed by atoms with van der Waals surface area (Å²) in [6.45, 7) is 1.55. The Hall–Kier alpha value is -0.820. The van der Waals surface area contributed by atoms with Gasteiger partial charge in [0.2, 0.25) is 15.9 Å². The Balaban J connectivity index is 2.77. The molecule has 0 atom stereocenters. The van der Waals surface area contributed by atoms with Crippen LogP contribution in [0.25, 0.3) is 0 Å². The Morgan fingerprint density at radius 1 is 1.58 bits per heavy atom. The number of aryl methyl sites for hydroxylation is 1. The van der Waals surface area contributed by atoms with Gasteiger partial charge < -0.3 is 4.42 Å². The largest absolute Gasteiger partial charge is 0.408 e. The molecule has 0 fully saturated rings. The van der Waals surface area contributed by atoms with Gasteiger partial charge in [-0.25, -0.2) is 13.1 Å². The number of aromatic nitrogens is 2. The molecular formula is C4H6ClN3O3S. The van der Waals surface area contributed by atoms with E-state index < -0.39 is 15.2 Å². The van der Waals surface area contributed by atoms with Crippen LogP contribution in [-0.4, -0.2) is 23.8 Å². The van der Waals surface area contributed by atoms with Gasteiger partial charge in [0.05, 0.1) is 0 Å². The minimum absolute atomic E-state index is 0.173. The number of hydrogen-bond donors (Lipinski definition) is 1. The summed E-state index contributed by atoms with van der Waals surface area (Å²) in [5.41, 5.74) is 0. The van der Waals surface area contributed by atoms with Crippen molar-refractivity contribution >= 4 is 27.6 Å². The third kappa shape index (κ3) is 2.35. The van der Waals surface area contributed by atoms with Crippen LogP contribution < -0.4 is 4.72 Å². The Morgan fingerprint density at radius 2 is 2.25 bits per heavy atom. The molecule has 1 rings (SSSR count). The van der Waals surface area contributed by atoms with E-state index in [1.165, 1.54) is 0 Å². The van der Waals surface area contributed by atoms with Crippen LogP contribution >= 0.6 is 11.6 Å². The lowest BCUT2D eigenvalue weighted by atomic mass is 10.8. The molecule has 12 heavy (non-hydrogen) atoms. The maximum atomic E-state index is 10.8. The number of halogens is 1. The molecule has 0 aliphatic rings. The lowest BCUT2D eigenvalue weighted by molar-refractivity contribution is 0.534. The number of sulfonamides is 1. The van der Waals surface area contributed by atoms with Crippen LogP contribution in [0.4, 0.5) is 6.01 Å². The van der Waals surface area contributed by atoms with Crippen molar-refractivity contribution < 1.29 is 12.8 Å². The molecule has 8 heteroatoms. The van der Waals surface area contributed by atoms with E-state index in [1.54, 1.807) is 6.92 Å². The molecule has 1 heterocycles. The Labute approximate surface area is 74.0 Å². The first-order valence-electron chi connectivity index (χ1n) is 2.90. The molecule has 6 nitrogen and oxygen atoms in total. The van der Waals surface area contributed by atoms with Crippen molar-refractivity contribution in [2.24, 2.45) is 0 Å². The standard InChI is InChI=1S/C4H6ClN3O3S/c1-3-6-7-4(11-3)8-12(9,10)2-5/h2H2,1H3,(H,7,8). The minimum Gasteiger partial charge on any atom is -0.408 e. The van der Waals surface area contributed by atoms with Crippen LogP contribution in [0.1, 0.15) is 5.89 Å². The molecule has 0 saturated heterocycles. The Kier molecular flexibility index (Phi) is 2.53. The van der Waals surface area contributed by atoms with Crippen LogP contribution in [0, 0.1) is 6.92 Å². The number of anilines is 1. The summed E-state index contributed by atoms with van der Waals surface area (Å²) >= 11 is 5.11. The summed E-state index contributed by atoms with van der Waals surface area (Å²) < 4.78 is 28.4. The molecule has 0 radical (unpaired) electrons. The molecule has 1 aromatic rings. The van der Waals surface area contributed by atoms with Crippen LogP contribution in [0.3, 0.4) is 0 Å². The molecule has 0 unspecified atom stereocenters. The highest BCUT2D eigenvalue weighted by molar-refractivity contribution is 7.93. The molecule has 0 aliphatic heterocycles. The summed E-state index contributed by atoms with van der Waals surface area (Å²) in [5, 5.41) is 6.28. The normalized spacial score (nSPS) is 11.5. The molecule has 68 valence electrons. The maximum Gasteiger partial charge on any atom is 0.329 e. The van der Waals surface area contributed by atoms with E-state index >= 15 is 0 Å². The zero-order valence-electron chi connectivity index (χ0n) is 6.11. The number of nitrogens with one attached hydrogen (secondary N) is 1. The van der Waals surface area contributed by atoms with Crippen LogP contribution in [0.5, 0.6) is 0 Å². The van der Waals surface area contributed by atoms with E-state index in [1.807, 2.05) is 4.72 Å². The minimum atomic E-state index is -3.54. The highest BCUT2D eigenvalue weighted by Gasteiger charge is 2.11. The summed E-state index contributed by atoms with van der Waals surface area (Å²) in [7, 11) is -3.54. The summed E-state index contributed by atoms with van der Waals surface area (Å²) in [4.78, 5) is 0. The summed E-state index contributed by atoms with van der Waals surface area (Å²) in [6, 6.07) is -0.173. The van der Waals surface area contributed by atoms with Gasteiger partial charge >= 0.3 is 6.01 Å². The zero-order valence-corrected chi connectivity index (χ0v) is 7.68. The topological polar surface area (TPSA) is 85.1 Å². The van der Waals surface area contributed by atoms with Gasteiger partial charge in [-0.15, -0.1) is 16.7 Å². The second-order valence-corrected chi connectivity index (χ2v) is 4.26. The van der Waals surface area contributed by atoms with Gasteiger partial charge in [0.25, 0.3) is 0 Å². The van der Waals surface area contributed by atoms with Crippen LogP contribution in [0.15, 0.2) is 4.42 Å². The lowest BCUT2D eigenvalue weighted by Gasteiger charge is -1.96. The first-order valence-corrected chi connectivity index (χ1v) is 5.09. The van der Waals surface area contributed by atoms with E-state index in [0.717, 1.165) is 0 Å². The molecule has 0 saturated carbocycles. The highest BCUT2D eigenvalue weighted by Crippen LogP contribution is 2.06. The third-order valence-corrected chi connectivity index (χ3v) is 2.55. The first-order chi connectivity index (χ1) is 5.53. The average Bonchev–Trinajstić information content (AvgIpc) is 2.35. The molecule has 0 amide bonds. The van der Waals surface area contributed by atoms with E-state index in [9.17, 15) is 8.42 Å². The fourth-order valence-corrected chi connectivity index (χ4v) is 1.06. The predicted octanol–water partition coefficient (Wildman–Crippen LogP) is 0.316. The van der Waals surface area contributed by atoms with Crippen molar-refractivity contribution in [1.29, 1.82) is 0 Å². The van der Waals surface area contributed by atoms with Crippen LogP contribution in [-0.2, 0) is 10.0 Å². The smallest absolute Gasteiger partial charge is 0.329 e. The van der Waals surface area contributed by atoms with Gasteiger partial charge in [-0.1, -0.05) is 5.10 Å². The van der Waals surface area contributed by atoms with Gasteiger partial charge in [-0.3, -0.25) is 0 Å². The fourth-order valence-electron chi connectivity index (χ4n) is 0.498. The van der Waals surface area contributed by atoms with Crippen molar-refractivity contribution in [2.75, 3.05) is 9.93 Å². The van der Waals surface area contributed by atoms with Crippen molar-refractivity contribution in [3.63, 3.8) is 0 Å². The molecule has 0 bridgehead atoms. The monoisotopic (exact) mass is 211 g/mol. The molecule has 1 N–H and O–H groups in total. The highest BCUT2D eigenvalue weighted by atomic mass is 35.5. The van der Waals surface area contributed by atoms with E-state index in [0.29, 0.717) is 0 Å². The number of nitrogens with zero attached hydrogens (tertiary/aromatic N) is 2. The molecular weight excluding hydrogens is 206 g/mol. The van der Waals surface area contributed by atoms with Crippen molar-refractivity contribution in [3.8, 4) is 0 Å². The quantitative estimate of drug-likeness (QED) is 0.728. The molecule has 0 spiro atoms. The maximum absolute atomic E-state index is 10.8. The molecule has 0 aromatic carbocycles. The third-order valence-electron chi connectivity index (χ3n) is 0.912. The second-order valence-electron chi connectivity index (χ2n) is 1.95. The Bertz CT molecular complexity index is 359. The fraction of sp³-hybridized carbons (Fsp3) is 0.500. The van der Waals surface area contributed by atoms with Gasteiger partial charge in [0, 0.05) is 6.92 Å². The van der Waals surface area contributed by atoms with Crippen molar-refractivity contribution in [2.45, 2.75) is 6.92 Å². The lowest BCUT2D eigenvalue weighted by Crippen LogP contribution is -2.13. The van der Waals surface area contributed by atoms with Crippen molar-refractivity contribution in [1.82, 2.24) is 10.2 Å². The van der Waals surface area contributed by atoms with Crippen LogP contribution in [0.2, 0.25) is 0 Å². The van der Waals surface area contributed by atoms with E-state index in [4.69, 9.17) is 16.0 Å². The SMILES string of the molecule is Cc1nnc(NS(=O)(=O)CCl)o1.